The highest BCUT2D eigenvalue weighted by Crippen LogP contribution is 2.23. The molecule has 7 nitrogen and oxygen atoms in total. The van der Waals surface area contributed by atoms with Gasteiger partial charge in [0.2, 0.25) is 5.95 Å². The highest BCUT2D eigenvalue weighted by molar-refractivity contribution is 5.92. The van der Waals surface area contributed by atoms with E-state index in [9.17, 15) is 9.18 Å². The van der Waals surface area contributed by atoms with Gasteiger partial charge in [-0.2, -0.15) is 9.97 Å². The number of rotatable bonds is 4. The molecule has 0 unspecified atom stereocenters. The highest BCUT2D eigenvalue weighted by Gasteiger charge is 2.17. The first kappa shape index (κ1) is 13.9. The maximum Gasteiger partial charge on any atom is 0.344 e. The smallest absolute Gasteiger partial charge is 0.344 e. The molecule has 0 amide bonds. The van der Waals surface area contributed by atoms with Crippen molar-refractivity contribution in [1.82, 2.24) is 19.5 Å². The van der Waals surface area contributed by atoms with Crippen LogP contribution in [0.5, 0.6) is 5.88 Å². The van der Waals surface area contributed by atoms with Crippen molar-refractivity contribution in [3.63, 3.8) is 0 Å². The number of nitrogens with two attached hydrogens (primary N) is 1. The Hall–Kier alpha value is -3.03. The molecule has 0 aliphatic heterocycles. The molecular weight excluding hydrogens is 288 g/mol. The van der Waals surface area contributed by atoms with Crippen LogP contribution in [0.4, 0.5) is 10.3 Å². The van der Waals surface area contributed by atoms with Crippen LogP contribution >= 0.6 is 0 Å². The van der Waals surface area contributed by atoms with Crippen LogP contribution in [0.2, 0.25) is 0 Å². The summed E-state index contributed by atoms with van der Waals surface area (Å²) in [6, 6.07) is 8.45. The van der Waals surface area contributed by atoms with Gasteiger partial charge < -0.3 is 15.0 Å². The first-order chi connectivity index (χ1) is 10.7. The maximum atomic E-state index is 12.6. The molecule has 1 aromatic carbocycles. The number of fused-ring (bicyclic) bond motifs is 1. The third-order valence-corrected chi connectivity index (χ3v) is 2.98. The van der Waals surface area contributed by atoms with Crippen molar-refractivity contribution >= 4 is 23.1 Å². The first-order valence-electron chi connectivity index (χ1n) is 6.50. The van der Waals surface area contributed by atoms with Crippen molar-refractivity contribution in [3.05, 3.63) is 42.2 Å². The fourth-order valence-corrected chi connectivity index (χ4v) is 2.02. The van der Waals surface area contributed by atoms with E-state index in [1.54, 1.807) is 30.3 Å². The van der Waals surface area contributed by atoms with E-state index >= 15 is 0 Å². The minimum absolute atomic E-state index is 0.0395. The Labute approximate surface area is 124 Å². The lowest BCUT2D eigenvalue weighted by Gasteiger charge is -2.07. The lowest BCUT2D eigenvalue weighted by molar-refractivity contribution is 0.0729. The van der Waals surface area contributed by atoms with Gasteiger partial charge in [-0.3, -0.25) is 0 Å². The van der Waals surface area contributed by atoms with Gasteiger partial charge in [-0.1, -0.05) is 18.2 Å². The lowest BCUT2D eigenvalue weighted by atomic mass is 10.2. The van der Waals surface area contributed by atoms with E-state index in [1.165, 1.54) is 10.9 Å². The maximum absolute atomic E-state index is 12.6. The number of nitrogen functional groups attached to an aromatic ring is 1. The number of aromatic nitrogens is 4. The lowest BCUT2D eigenvalue weighted by Crippen LogP contribution is -2.12. The van der Waals surface area contributed by atoms with Gasteiger partial charge in [-0.05, 0) is 12.1 Å². The Morgan fingerprint density at radius 2 is 2.05 bits per heavy atom. The van der Waals surface area contributed by atoms with Gasteiger partial charge >= 0.3 is 5.97 Å². The first-order valence-corrected chi connectivity index (χ1v) is 6.50. The number of halogens is 1. The van der Waals surface area contributed by atoms with Crippen LogP contribution in [-0.4, -0.2) is 32.2 Å². The second-order valence-electron chi connectivity index (χ2n) is 4.44. The van der Waals surface area contributed by atoms with Gasteiger partial charge in [0.1, 0.15) is 6.67 Å². The summed E-state index contributed by atoms with van der Waals surface area (Å²) in [5.74, 6) is -0.704. The zero-order chi connectivity index (χ0) is 15.5. The number of esters is 1. The number of hydrogen-bond acceptors (Lipinski definition) is 6. The summed E-state index contributed by atoms with van der Waals surface area (Å²) in [5, 5.41) is 0. The van der Waals surface area contributed by atoms with Crippen LogP contribution in [0.3, 0.4) is 0 Å². The molecule has 0 saturated heterocycles. The minimum Gasteiger partial charge on any atom is -0.401 e. The minimum atomic E-state index is -0.595. The second kappa shape index (κ2) is 5.76. The van der Waals surface area contributed by atoms with Crippen molar-refractivity contribution in [1.29, 1.82) is 0 Å². The second-order valence-corrected chi connectivity index (χ2v) is 4.44. The third kappa shape index (κ3) is 2.58. The molecule has 0 bridgehead atoms. The zero-order valence-electron chi connectivity index (χ0n) is 11.4. The Balaban J connectivity index is 2.02. The van der Waals surface area contributed by atoms with Crippen molar-refractivity contribution in [2.24, 2.45) is 0 Å². The van der Waals surface area contributed by atoms with Crippen LogP contribution < -0.4 is 10.5 Å². The molecule has 0 spiro atoms. The molecule has 0 aliphatic rings. The van der Waals surface area contributed by atoms with Crippen LogP contribution in [-0.2, 0) is 6.54 Å². The summed E-state index contributed by atoms with van der Waals surface area (Å²) in [7, 11) is 0. The van der Waals surface area contributed by atoms with E-state index in [-0.39, 0.29) is 24.0 Å². The normalized spacial score (nSPS) is 10.8. The summed E-state index contributed by atoms with van der Waals surface area (Å²) in [6.45, 7) is -0.540. The highest BCUT2D eigenvalue weighted by atomic mass is 18.2. The number of carbonyl (C=O) groups excluding carboxylic acids is 1. The van der Waals surface area contributed by atoms with Gasteiger partial charge in [-0.25, -0.2) is 14.2 Å². The van der Waals surface area contributed by atoms with Gasteiger partial charge in [-0.15, -0.1) is 0 Å². The van der Waals surface area contributed by atoms with Gasteiger partial charge in [0, 0.05) is 0 Å². The predicted octanol–water partition coefficient (Wildman–Crippen LogP) is 1.60. The van der Waals surface area contributed by atoms with Crippen LogP contribution in [0.15, 0.2) is 36.7 Å². The molecule has 0 atom stereocenters. The molecule has 3 aromatic rings. The molecule has 2 heterocycles. The molecule has 22 heavy (non-hydrogen) atoms. The van der Waals surface area contributed by atoms with E-state index in [0.29, 0.717) is 11.1 Å². The van der Waals surface area contributed by atoms with E-state index in [0.717, 1.165) is 0 Å². The number of imidazole rings is 1. The molecular formula is C14H12FN5O2. The number of benzene rings is 1. The molecule has 2 N–H and O–H groups in total. The van der Waals surface area contributed by atoms with Crippen LogP contribution in [0.25, 0.3) is 11.2 Å². The molecule has 0 radical (unpaired) electrons. The molecule has 0 saturated carbocycles. The number of anilines is 1. The predicted molar refractivity (Wildman–Crippen MR) is 77.1 cm³/mol. The number of alkyl halides is 1. The van der Waals surface area contributed by atoms with Crippen molar-refractivity contribution < 1.29 is 13.9 Å². The van der Waals surface area contributed by atoms with Crippen molar-refractivity contribution in [2.45, 2.75) is 6.54 Å². The van der Waals surface area contributed by atoms with E-state index in [1.807, 2.05) is 0 Å². The average molecular weight is 300 g/mol. The summed E-state index contributed by atoms with van der Waals surface area (Å²) in [6.07, 6.45) is 1.40. The third-order valence-electron chi connectivity index (χ3n) is 2.98. The van der Waals surface area contributed by atoms with Gasteiger partial charge in [0.25, 0.3) is 5.88 Å². The van der Waals surface area contributed by atoms with Gasteiger partial charge in [0.05, 0.1) is 18.4 Å². The quantitative estimate of drug-likeness (QED) is 0.735. The molecule has 0 aliphatic carbocycles. The number of aryl methyl sites for hydroxylation is 1. The molecule has 8 heteroatoms. The number of hydrogen-bond donors (Lipinski definition) is 1. The number of nitrogens with zero attached hydrogens (tertiary/aromatic N) is 4. The zero-order valence-corrected chi connectivity index (χ0v) is 11.4. The van der Waals surface area contributed by atoms with E-state index in [2.05, 4.69) is 15.0 Å². The van der Waals surface area contributed by atoms with E-state index in [4.69, 9.17) is 10.5 Å². The van der Waals surface area contributed by atoms with Crippen LogP contribution in [0, 0.1) is 0 Å². The summed E-state index contributed by atoms with van der Waals surface area (Å²) < 4.78 is 19.4. The van der Waals surface area contributed by atoms with Crippen molar-refractivity contribution in [2.75, 3.05) is 12.4 Å². The standard InChI is InChI=1S/C14H12FN5O2/c15-6-7-20-8-17-11-10(20)12(19-14(16)18-11)22-13(21)9-4-2-1-3-5-9/h1-5,8H,6-7H2,(H2,16,18,19)/i15-1. The Bertz CT molecular complexity index is 819. The number of ether oxygens (including phenoxy) is 1. The largest absolute Gasteiger partial charge is 0.401 e. The molecule has 112 valence electrons. The summed E-state index contributed by atoms with van der Waals surface area (Å²) in [5.41, 5.74) is 6.53. The fraction of sp³-hybridized carbons (Fsp3) is 0.143. The summed E-state index contributed by atoms with van der Waals surface area (Å²) >= 11 is 0. The molecule has 0 fully saturated rings. The Morgan fingerprint density at radius 3 is 2.77 bits per heavy atom. The SMILES string of the molecule is Nc1nc(OC(=O)c2ccccc2)c2c(ncn2CC[18F])n1. The van der Waals surface area contributed by atoms with Gasteiger partial charge in [0.15, 0.2) is 11.2 Å². The summed E-state index contributed by atoms with van der Waals surface area (Å²) in [4.78, 5) is 24.0. The topological polar surface area (TPSA) is 95.9 Å². The van der Waals surface area contributed by atoms with Crippen molar-refractivity contribution in [3.8, 4) is 5.88 Å². The average Bonchev–Trinajstić information content (AvgIpc) is 2.91. The monoisotopic (exact) mass is 300 g/mol. The van der Waals surface area contributed by atoms with E-state index < -0.39 is 12.6 Å². The number of carbonyl (C=O) groups is 1. The Kier molecular flexibility index (Phi) is 3.65. The fourth-order valence-electron chi connectivity index (χ4n) is 2.02. The van der Waals surface area contributed by atoms with Crippen LogP contribution in [0.1, 0.15) is 10.4 Å². The molecule has 2 aromatic heterocycles. The molecule has 3 rings (SSSR count). The Morgan fingerprint density at radius 1 is 1.27 bits per heavy atom.